The van der Waals surface area contributed by atoms with Crippen molar-refractivity contribution in [2.24, 2.45) is 5.92 Å². The zero-order valence-corrected chi connectivity index (χ0v) is 14.1. The molecule has 1 aliphatic rings. The molecule has 0 aromatic heterocycles. The monoisotopic (exact) mass is 377 g/mol. The summed E-state index contributed by atoms with van der Waals surface area (Å²) in [7, 11) is 0. The van der Waals surface area contributed by atoms with Gasteiger partial charge in [0.1, 0.15) is 5.82 Å². The Labute approximate surface area is 143 Å². The number of hydrogen-bond donors (Lipinski definition) is 0. The van der Waals surface area contributed by atoms with Crippen LogP contribution in [-0.4, -0.2) is 25.7 Å². The van der Waals surface area contributed by atoms with Gasteiger partial charge < -0.3 is 9.64 Å². The molecule has 0 saturated carbocycles. The van der Waals surface area contributed by atoms with Gasteiger partial charge in [0.2, 0.25) is 0 Å². The van der Waals surface area contributed by atoms with Crippen LogP contribution in [0, 0.1) is 11.7 Å². The van der Waals surface area contributed by atoms with Crippen LogP contribution in [0.4, 0.5) is 10.1 Å². The lowest BCUT2D eigenvalue weighted by atomic mass is 10.1. The molecular weight excluding hydrogens is 361 g/mol. The Kier molecular flexibility index (Phi) is 4.96. The maximum Gasteiger partial charge on any atom is 0.339 e. The van der Waals surface area contributed by atoms with E-state index in [-0.39, 0.29) is 10.0 Å². The second-order valence-electron chi connectivity index (χ2n) is 5.64. The topological polar surface area (TPSA) is 29.5 Å². The molecule has 0 bridgehead atoms. The minimum absolute atomic E-state index is 0.155. The van der Waals surface area contributed by atoms with Gasteiger partial charge in [-0.3, -0.25) is 0 Å². The number of carbonyl (C=O) groups is 1. The third-order valence-electron chi connectivity index (χ3n) is 4.03. The van der Waals surface area contributed by atoms with Gasteiger partial charge >= 0.3 is 5.97 Å². The van der Waals surface area contributed by atoms with E-state index in [0.29, 0.717) is 12.5 Å². The summed E-state index contributed by atoms with van der Waals surface area (Å²) in [5.74, 6) is -0.656. The first kappa shape index (κ1) is 16.0. The summed E-state index contributed by atoms with van der Waals surface area (Å²) in [5, 5.41) is 0. The molecule has 1 atom stereocenters. The minimum atomic E-state index is -0.491. The van der Waals surface area contributed by atoms with Gasteiger partial charge in [-0.05, 0) is 46.6 Å². The van der Waals surface area contributed by atoms with E-state index in [4.69, 9.17) is 4.74 Å². The fourth-order valence-electron chi connectivity index (χ4n) is 2.77. The third-order valence-corrected chi connectivity index (χ3v) is 4.83. The van der Waals surface area contributed by atoms with Crippen LogP contribution < -0.4 is 4.90 Å². The van der Waals surface area contributed by atoms with Gasteiger partial charge in [0.05, 0.1) is 16.6 Å². The summed E-state index contributed by atoms with van der Waals surface area (Å²) in [5.41, 5.74) is 1.41. The van der Waals surface area contributed by atoms with Gasteiger partial charge in [-0.2, -0.15) is 0 Å². The molecule has 3 rings (SSSR count). The fourth-order valence-corrected chi connectivity index (χ4v) is 3.20. The summed E-state index contributed by atoms with van der Waals surface area (Å²) >= 11 is 3.09. The van der Waals surface area contributed by atoms with Crippen molar-refractivity contribution < 1.29 is 13.9 Å². The van der Waals surface area contributed by atoms with Crippen LogP contribution in [0.5, 0.6) is 0 Å². The Balaban J connectivity index is 1.55. The third kappa shape index (κ3) is 3.72. The van der Waals surface area contributed by atoms with E-state index in [1.54, 1.807) is 6.07 Å². The fraction of sp³-hybridized carbons (Fsp3) is 0.278. The van der Waals surface area contributed by atoms with E-state index in [2.05, 4.69) is 33.0 Å². The number of rotatable bonds is 4. The van der Waals surface area contributed by atoms with Gasteiger partial charge in [0.25, 0.3) is 0 Å². The molecule has 0 radical (unpaired) electrons. The first-order chi connectivity index (χ1) is 11.1. The van der Waals surface area contributed by atoms with Gasteiger partial charge in [0.15, 0.2) is 0 Å². The standard InChI is InChI=1S/C18H17BrFNO2/c19-17-15(7-4-8-16(17)20)18(22)23-12-13-9-10-21(11-13)14-5-2-1-3-6-14/h1-8,13H,9-12H2. The van der Waals surface area contributed by atoms with Crippen LogP contribution in [0.3, 0.4) is 0 Å². The number of esters is 1. The van der Waals surface area contributed by atoms with Crippen molar-refractivity contribution in [2.75, 3.05) is 24.6 Å². The number of ether oxygens (including phenoxy) is 1. The lowest BCUT2D eigenvalue weighted by Crippen LogP contribution is -2.22. The lowest BCUT2D eigenvalue weighted by Gasteiger charge is -2.18. The molecule has 0 N–H and O–H groups in total. The van der Waals surface area contributed by atoms with Crippen molar-refractivity contribution in [3.05, 3.63) is 64.4 Å². The summed E-state index contributed by atoms with van der Waals surface area (Å²) in [4.78, 5) is 14.4. The molecule has 0 spiro atoms. The molecule has 1 fully saturated rings. The van der Waals surface area contributed by atoms with Crippen LogP contribution in [0.2, 0.25) is 0 Å². The molecule has 3 nitrogen and oxygen atoms in total. The van der Waals surface area contributed by atoms with Gasteiger partial charge in [-0.15, -0.1) is 0 Å². The normalized spacial score (nSPS) is 17.3. The molecule has 23 heavy (non-hydrogen) atoms. The molecule has 0 aliphatic carbocycles. The minimum Gasteiger partial charge on any atom is -0.462 e. The van der Waals surface area contributed by atoms with Crippen LogP contribution >= 0.6 is 15.9 Å². The van der Waals surface area contributed by atoms with Crippen molar-refractivity contribution in [3.8, 4) is 0 Å². The van der Waals surface area contributed by atoms with E-state index in [1.807, 2.05) is 18.2 Å². The molecule has 120 valence electrons. The van der Waals surface area contributed by atoms with E-state index in [1.165, 1.54) is 17.8 Å². The number of hydrogen-bond acceptors (Lipinski definition) is 3. The summed E-state index contributed by atoms with van der Waals surface area (Å²) in [6.45, 7) is 2.17. The Bertz CT molecular complexity index is 693. The molecule has 0 amide bonds. The smallest absolute Gasteiger partial charge is 0.339 e. The zero-order chi connectivity index (χ0) is 16.2. The SMILES string of the molecule is O=C(OCC1CCN(c2ccccc2)C1)c1cccc(F)c1Br. The highest BCUT2D eigenvalue weighted by molar-refractivity contribution is 9.10. The highest BCUT2D eigenvalue weighted by atomic mass is 79.9. The number of nitrogens with zero attached hydrogens (tertiary/aromatic N) is 1. The summed E-state index contributed by atoms with van der Waals surface area (Å²) < 4.78 is 19.0. The Hall–Kier alpha value is -1.88. The average molecular weight is 378 g/mol. The van der Waals surface area contributed by atoms with Crippen LogP contribution in [0.25, 0.3) is 0 Å². The van der Waals surface area contributed by atoms with Crippen molar-refractivity contribution in [1.29, 1.82) is 0 Å². The van der Waals surface area contributed by atoms with Crippen molar-refractivity contribution in [2.45, 2.75) is 6.42 Å². The average Bonchev–Trinajstić information content (AvgIpc) is 3.05. The van der Waals surface area contributed by atoms with Gasteiger partial charge in [-0.25, -0.2) is 9.18 Å². The first-order valence-corrected chi connectivity index (χ1v) is 8.35. The predicted molar refractivity (Wildman–Crippen MR) is 91.1 cm³/mol. The molecule has 1 saturated heterocycles. The molecular formula is C18H17BrFNO2. The second kappa shape index (κ2) is 7.13. The largest absolute Gasteiger partial charge is 0.462 e. The second-order valence-corrected chi connectivity index (χ2v) is 6.43. The highest BCUT2D eigenvalue weighted by Crippen LogP contribution is 2.25. The maximum absolute atomic E-state index is 13.5. The quantitative estimate of drug-likeness (QED) is 0.745. The number of para-hydroxylation sites is 1. The van der Waals surface area contributed by atoms with E-state index >= 15 is 0 Å². The van der Waals surface area contributed by atoms with Crippen molar-refractivity contribution in [1.82, 2.24) is 0 Å². The highest BCUT2D eigenvalue weighted by Gasteiger charge is 2.24. The number of anilines is 1. The van der Waals surface area contributed by atoms with Crippen LogP contribution in [-0.2, 0) is 4.74 Å². The Morgan fingerprint density at radius 3 is 2.78 bits per heavy atom. The van der Waals surface area contributed by atoms with E-state index in [0.717, 1.165) is 19.5 Å². The molecule has 2 aromatic rings. The van der Waals surface area contributed by atoms with Crippen LogP contribution in [0.1, 0.15) is 16.8 Å². The number of carbonyl (C=O) groups excluding carboxylic acids is 1. The zero-order valence-electron chi connectivity index (χ0n) is 12.5. The van der Waals surface area contributed by atoms with Gasteiger partial charge in [0, 0.05) is 24.7 Å². The summed E-state index contributed by atoms with van der Waals surface area (Å²) in [6, 6.07) is 14.6. The Morgan fingerprint density at radius 2 is 2.00 bits per heavy atom. The molecule has 5 heteroatoms. The maximum atomic E-state index is 13.5. The molecule has 1 heterocycles. The molecule has 2 aromatic carbocycles. The summed E-state index contributed by atoms with van der Waals surface area (Å²) in [6.07, 6.45) is 0.979. The number of halogens is 2. The first-order valence-electron chi connectivity index (χ1n) is 7.56. The van der Waals surface area contributed by atoms with Crippen LogP contribution in [0.15, 0.2) is 53.0 Å². The van der Waals surface area contributed by atoms with E-state index < -0.39 is 11.8 Å². The van der Waals surface area contributed by atoms with Crippen molar-refractivity contribution >= 4 is 27.6 Å². The Morgan fingerprint density at radius 1 is 1.22 bits per heavy atom. The molecule has 1 aliphatic heterocycles. The number of benzene rings is 2. The molecule has 1 unspecified atom stereocenters. The predicted octanol–water partition coefficient (Wildman–Crippen LogP) is 4.27. The lowest BCUT2D eigenvalue weighted by molar-refractivity contribution is 0.0449. The van der Waals surface area contributed by atoms with Gasteiger partial charge in [-0.1, -0.05) is 24.3 Å². The van der Waals surface area contributed by atoms with E-state index in [9.17, 15) is 9.18 Å². The van der Waals surface area contributed by atoms with Crippen molar-refractivity contribution in [3.63, 3.8) is 0 Å².